The lowest BCUT2D eigenvalue weighted by molar-refractivity contribution is -0.131. The zero-order valence-corrected chi connectivity index (χ0v) is 16.8. The fraction of sp³-hybridized carbons (Fsp3) is 0.217. The van der Waals surface area contributed by atoms with E-state index in [4.69, 9.17) is 9.47 Å². The van der Waals surface area contributed by atoms with E-state index < -0.39 is 29.0 Å². The monoisotopic (exact) mass is 400 g/mol. The topological polar surface area (TPSA) is 52.6 Å². The van der Waals surface area contributed by atoms with Gasteiger partial charge in [0.15, 0.2) is 23.1 Å². The maximum absolute atomic E-state index is 14.4. The van der Waals surface area contributed by atoms with Crippen LogP contribution >= 0.6 is 0 Å². The molecule has 6 heteroatoms. The Labute approximate surface area is 168 Å². The highest BCUT2D eigenvalue weighted by Crippen LogP contribution is 2.35. The lowest BCUT2D eigenvalue weighted by Crippen LogP contribution is -2.20. The quantitative estimate of drug-likeness (QED) is 0.377. The molecular weight excluding hydrogens is 378 g/mol. The first-order chi connectivity index (χ1) is 13.4. The van der Waals surface area contributed by atoms with Crippen LogP contribution in [-0.4, -0.2) is 11.9 Å². The number of hydrogen-bond acceptors (Lipinski definition) is 4. The van der Waals surface area contributed by atoms with Gasteiger partial charge in [-0.05, 0) is 49.2 Å². The van der Waals surface area contributed by atoms with Crippen LogP contribution in [0.3, 0.4) is 0 Å². The molecule has 0 heterocycles. The predicted molar refractivity (Wildman–Crippen MR) is 106 cm³/mol. The van der Waals surface area contributed by atoms with Crippen LogP contribution in [0, 0.1) is 11.6 Å². The molecule has 0 aliphatic carbocycles. The maximum atomic E-state index is 14.4. The third kappa shape index (κ3) is 4.96. The normalized spacial score (nSPS) is 11.0. The summed E-state index contributed by atoms with van der Waals surface area (Å²) in [6, 6.07) is 8.33. The van der Waals surface area contributed by atoms with E-state index in [-0.39, 0.29) is 22.6 Å². The van der Waals surface area contributed by atoms with Crippen LogP contribution in [0.5, 0.6) is 11.5 Å². The Balaban J connectivity index is 2.32. The molecule has 29 heavy (non-hydrogen) atoms. The molecular formula is C23H22F2O4. The molecule has 4 nitrogen and oxygen atoms in total. The van der Waals surface area contributed by atoms with Crippen molar-refractivity contribution in [1.82, 2.24) is 0 Å². The smallest absolute Gasteiger partial charge is 0.338 e. The van der Waals surface area contributed by atoms with Crippen molar-refractivity contribution < 1.29 is 27.8 Å². The fourth-order valence-electron chi connectivity index (χ4n) is 2.49. The Morgan fingerprint density at radius 3 is 1.41 bits per heavy atom. The Morgan fingerprint density at radius 2 is 1.14 bits per heavy atom. The molecule has 0 spiro atoms. The van der Waals surface area contributed by atoms with Gasteiger partial charge in [0.1, 0.15) is 0 Å². The first-order valence-electron chi connectivity index (χ1n) is 8.79. The second kappa shape index (κ2) is 8.39. The number of halogens is 2. The standard InChI is InChI=1S/C23H22F2O4/c1-13(2)21(26)28-19-9-7-15(11-17(19)24)23(5,6)16-8-10-20(18(25)12-16)29-22(27)14(3)4/h7-12H,1,3H2,2,4-6H3. The molecule has 0 fully saturated rings. The minimum absolute atomic E-state index is 0.150. The first-order valence-corrected chi connectivity index (χ1v) is 8.79. The summed E-state index contributed by atoms with van der Waals surface area (Å²) in [6.07, 6.45) is 0. The lowest BCUT2D eigenvalue weighted by atomic mass is 9.78. The number of carbonyl (C=O) groups is 2. The molecule has 2 rings (SSSR count). The van der Waals surface area contributed by atoms with E-state index in [9.17, 15) is 18.4 Å². The van der Waals surface area contributed by atoms with Crippen LogP contribution in [0.1, 0.15) is 38.8 Å². The van der Waals surface area contributed by atoms with E-state index >= 15 is 0 Å². The summed E-state index contributed by atoms with van der Waals surface area (Å²) >= 11 is 0. The first kappa shape index (κ1) is 22.0. The Kier molecular flexibility index (Phi) is 6.37. The molecule has 0 aromatic heterocycles. The van der Waals surface area contributed by atoms with Crippen LogP contribution in [0.15, 0.2) is 60.7 Å². The number of esters is 2. The number of rotatable bonds is 6. The van der Waals surface area contributed by atoms with Gasteiger partial charge in [-0.1, -0.05) is 39.1 Å². The van der Waals surface area contributed by atoms with Gasteiger partial charge >= 0.3 is 11.9 Å². The van der Waals surface area contributed by atoms with Gasteiger partial charge in [-0.15, -0.1) is 0 Å². The van der Waals surface area contributed by atoms with Gasteiger partial charge in [-0.2, -0.15) is 0 Å². The zero-order chi connectivity index (χ0) is 21.9. The van der Waals surface area contributed by atoms with Gasteiger partial charge in [0.2, 0.25) is 0 Å². The zero-order valence-electron chi connectivity index (χ0n) is 16.8. The van der Waals surface area contributed by atoms with Gasteiger partial charge in [0.05, 0.1) is 0 Å². The molecule has 0 unspecified atom stereocenters. The molecule has 2 aromatic rings. The summed E-state index contributed by atoms with van der Waals surface area (Å²) in [5, 5.41) is 0. The van der Waals surface area contributed by atoms with Crippen LogP contribution in [0.4, 0.5) is 8.78 Å². The van der Waals surface area contributed by atoms with Crippen molar-refractivity contribution in [3.63, 3.8) is 0 Å². The van der Waals surface area contributed by atoms with Crippen molar-refractivity contribution in [1.29, 1.82) is 0 Å². The predicted octanol–water partition coefficient (Wildman–Crippen LogP) is 5.25. The Morgan fingerprint density at radius 1 is 0.793 bits per heavy atom. The molecule has 2 aromatic carbocycles. The molecule has 0 saturated heterocycles. The molecule has 0 amide bonds. The molecule has 0 saturated carbocycles. The largest absolute Gasteiger partial charge is 0.420 e. The number of hydrogen-bond donors (Lipinski definition) is 0. The molecule has 0 aliphatic heterocycles. The van der Waals surface area contributed by atoms with E-state index in [2.05, 4.69) is 13.2 Å². The van der Waals surface area contributed by atoms with Crippen molar-refractivity contribution in [2.24, 2.45) is 0 Å². The van der Waals surface area contributed by atoms with Crippen molar-refractivity contribution in [3.8, 4) is 11.5 Å². The Hall–Kier alpha value is -3.28. The van der Waals surface area contributed by atoms with Gasteiger partial charge in [0, 0.05) is 16.6 Å². The van der Waals surface area contributed by atoms with E-state index in [1.807, 2.05) is 0 Å². The third-order valence-corrected chi connectivity index (χ3v) is 4.41. The molecule has 0 aliphatic rings. The second-order valence-electron chi connectivity index (χ2n) is 7.26. The summed E-state index contributed by atoms with van der Waals surface area (Å²) in [4.78, 5) is 23.2. The van der Waals surface area contributed by atoms with E-state index in [0.29, 0.717) is 11.1 Å². The van der Waals surface area contributed by atoms with Crippen LogP contribution in [0.2, 0.25) is 0 Å². The SMILES string of the molecule is C=C(C)C(=O)Oc1ccc(C(C)(C)c2ccc(OC(=O)C(=C)C)c(F)c2)cc1F. The average molecular weight is 400 g/mol. The summed E-state index contributed by atoms with van der Waals surface area (Å²) in [5.74, 6) is -3.33. The summed E-state index contributed by atoms with van der Waals surface area (Å²) < 4.78 is 38.8. The molecule has 152 valence electrons. The van der Waals surface area contributed by atoms with Crippen molar-refractivity contribution in [3.05, 3.63) is 83.5 Å². The minimum Gasteiger partial charge on any atom is -0.420 e. The third-order valence-electron chi connectivity index (χ3n) is 4.41. The fourth-order valence-corrected chi connectivity index (χ4v) is 2.49. The van der Waals surface area contributed by atoms with Gasteiger partial charge in [-0.25, -0.2) is 18.4 Å². The van der Waals surface area contributed by atoms with Gasteiger partial charge in [-0.3, -0.25) is 0 Å². The van der Waals surface area contributed by atoms with Crippen LogP contribution < -0.4 is 9.47 Å². The number of carbonyl (C=O) groups excluding carboxylic acids is 2. The highest BCUT2D eigenvalue weighted by molar-refractivity contribution is 5.89. The molecule has 0 bridgehead atoms. The van der Waals surface area contributed by atoms with E-state index in [1.165, 1.54) is 38.1 Å². The Bertz CT molecular complexity index is 926. The van der Waals surface area contributed by atoms with E-state index in [0.717, 1.165) is 0 Å². The van der Waals surface area contributed by atoms with Crippen molar-refractivity contribution in [2.75, 3.05) is 0 Å². The van der Waals surface area contributed by atoms with Gasteiger partial charge < -0.3 is 9.47 Å². The molecule has 0 radical (unpaired) electrons. The maximum Gasteiger partial charge on any atom is 0.338 e. The van der Waals surface area contributed by atoms with Gasteiger partial charge in [0.25, 0.3) is 0 Å². The van der Waals surface area contributed by atoms with Crippen molar-refractivity contribution >= 4 is 11.9 Å². The number of benzene rings is 2. The van der Waals surface area contributed by atoms with Crippen LogP contribution in [0.25, 0.3) is 0 Å². The summed E-state index contributed by atoms with van der Waals surface area (Å²) in [6.45, 7) is 13.4. The second-order valence-corrected chi connectivity index (χ2v) is 7.26. The number of ether oxygens (including phenoxy) is 2. The minimum atomic E-state index is -0.782. The van der Waals surface area contributed by atoms with Crippen molar-refractivity contribution in [2.45, 2.75) is 33.1 Å². The molecule has 0 N–H and O–H groups in total. The average Bonchev–Trinajstić information content (AvgIpc) is 2.64. The van der Waals surface area contributed by atoms with Crippen LogP contribution in [-0.2, 0) is 15.0 Å². The lowest BCUT2D eigenvalue weighted by Gasteiger charge is -2.26. The summed E-state index contributed by atoms with van der Waals surface area (Å²) in [5.41, 5.74) is 0.594. The van der Waals surface area contributed by atoms with E-state index in [1.54, 1.807) is 26.0 Å². The molecule has 0 atom stereocenters. The highest BCUT2D eigenvalue weighted by Gasteiger charge is 2.26. The highest BCUT2D eigenvalue weighted by atomic mass is 19.1. The summed E-state index contributed by atoms with van der Waals surface area (Å²) in [7, 11) is 0.